The molecule has 1 aromatic heterocycles. The van der Waals surface area contributed by atoms with Crippen LogP contribution in [-0.2, 0) is 0 Å². The maximum Gasteiger partial charge on any atom is 0.271 e. The molecule has 1 heterocycles. The number of amides is 1. The lowest BCUT2D eigenvalue weighted by Gasteiger charge is -2.03. The van der Waals surface area contributed by atoms with Gasteiger partial charge in [-0.25, -0.2) is 5.43 Å². The van der Waals surface area contributed by atoms with Crippen molar-refractivity contribution < 1.29 is 13.9 Å². The Morgan fingerprint density at radius 3 is 2.58 bits per heavy atom. The number of benzene rings is 1. The molecule has 0 aliphatic heterocycles. The molecule has 2 rings (SSSR count). The van der Waals surface area contributed by atoms with Crippen molar-refractivity contribution in [1.82, 2.24) is 5.43 Å². The lowest BCUT2D eigenvalue weighted by atomic mass is 10.2. The van der Waals surface area contributed by atoms with Crippen LogP contribution >= 0.6 is 0 Å². The van der Waals surface area contributed by atoms with E-state index < -0.39 is 0 Å². The zero-order chi connectivity index (χ0) is 13.7. The molecule has 2 aromatic rings. The van der Waals surface area contributed by atoms with Gasteiger partial charge in [0.25, 0.3) is 5.91 Å². The molecular weight excluding hydrogens is 244 g/mol. The van der Waals surface area contributed by atoms with Crippen LogP contribution in [0.1, 0.15) is 23.0 Å². The Morgan fingerprint density at radius 2 is 2.00 bits per heavy atom. The molecule has 0 bridgehead atoms. The molecule has 0 aliphatic rings. The van der Waals surface area contributed by atoms with Crippen molar-refractivity contribution in [2.45, 2.75) is 6.92 Å². The topological polar surface area (TPSA) is 63.8 Å². The molecule has 0 aliphatic carbocycles. The third kappa shape index (κ3) is 3.22. The van der Waals surface area contributed by atoms with E-state index in [2.05, 4.69) is 10.5 Å². The molecule has 1 aromatic carbocycles. The molecule has 98 valence electrons. The van der Waals surface area contributed by atoms with Gasteiger partial charge in [0.1, 0.15) is 17.2 Å². The molecule has 0 unspecified atom stereocenters. The van der Waals surface area contributed by atoms with Crippen LogP contribution in [0.2, 0.25) is 0 Å². The lowest BCUT2D eigenvalue weighted by Crippen LogP contribution is -2.19. The molecule has 0 fully saturated rings. The maximum atomic E-state index is 11.8. The van der Waals surface area contributed by atoms with E-state index >= 15 is 0 Å². The minimum Gasteiger partial charge on any atom is -0.497 e. The standard InChI is InChI=1S/C14H14N2O3/c1-10(13-4-3-9-19-13)15-16-14(17)11-5-7-12(18-2)8-6-11/h3-9H,1-2H3,(H,16,17). The first kappa shape index (κ1) is 12.9. The van der Waals surface area contributed by atoms with Crippen LogP contribution in [0.4, 0.5) is 0 Å². The number of carbonyl (C=O) groups is 1. The molecule has 5 nitrogen and oxygen atoms in total. The predicted octanol–water partition coefficient (Wildman–Crippen LogP) is 2.44. The fourth-order valence-corrected chi connectivity index (χ4v) is 1.48. The number of nitrogens with zero attached hydrogens (tertiary/aromatic N) is 1. The second-order valence-electron chi connectivity index (χ2n) is 3.84. The number of ether oxygens (including phenoxy) is 1. The Bertz CT molecular complexity index is 571. The number of hydrogen-bond donors (Lipinski definition) is 1. The molecular formula is C14H14N2O3. The van der Waals surface area contributed by atoms with Gasteiger partial charge in [-0.15, -0.1) is 0 Å². The van der Waals surface area contributed by atoms with E-state index in [1.165, 1.54) is 0 Å². The first-order valence-electron chi connectivity index (χ1n) is 5.73. The molecule has 0 radical (unpaired) electrons. The van der Waals surface area contributed by atoms with E-state index in [0.717, 1.165) is 0 Å². The number of hydrogen-bond acceptors (Lipinski definition) is 4. The zero-order valence-electron chi connectivity index (χ0n) is 10.7. The van der Waals surface area contributed by atoms with E-state index in [-0.39, 0.29) is 5.91 Å². The van der Waals surface area contributed by atoms with Gasteiger partial charge in [-0.05, 0) is 43.3 Å². The van der Waals surface area contributed by atoms with Gasteiger partial charge in [-0.2, -0.15) is 5.10 Å². The number of hydrazone groups is 1. The van der Waals surface area contributed by atoms with Crippen LogP contribution in [0.15, 0.2) is 52.2 Å². The first-order valence-corrected chi connectivity index (χ1v) is 5.73. The maximum absolute atomic E-state index is 11.8. The summed E-state index contributed by atoms with van der Waals surface area (Å²) in [7, 11) is 1.58. The van der Waals surface area contributed by atoms with Crippen molar-refractivity contribution >= 4 is 11.6 Å². The van der Waals surface area contributed by atoms with Crippen molar-refractivity contribution in [3.05, 3.63) is 54.0 Å². The van der Waals surface area contributed by atoms with Crippen molar-refractivity contribution in [1.29, 1.82) is 0 Å². The molecule has 19 heavy (non-hydrogen) atoms. The Hall–Kier alpha value is -2.56. The van der Waals surface area contributed by atoms with Crippen molar-refractivity contribution in [3.8, 4) is 5.75 Å². The highest BCUT2D eigenvalue weighted by Gasteiger charge is 2.05. The number of furan rings is 1. The highest BCUT2D eigenvalue weighted by molar-refractivity contribution is 5.99. The smallest absolute Gasteiger partial charge is 0.271 e. The SMILES string of the molecule is COc1ccc(C(=O)NN=C(C)c2ccco2)cc1. The molecule has 1 N–H and O–H groups in total. The zero-order valence-corrected chi connectivity index (χ0v) is 10.7. The summed E-state index contributed by atoms with van der Waals surface area (Å²) in [6, 6.07) is 10.3. The summed E-state index contributed by atoms with van der Waals surface area (Å²) in [6.07, 6.45) is 1.56. The van der Waals surface area contributed by atoms with Gasteiger partial charge in [-0.1, -0.05) is 0 Å². The molecule has 0 saturated carbocycles. The minimum atomic E-state index is -0.284. The summed E-state index contributed by atoms with van der Waals surface area (Å²) in [5.74, 6) is 1.04. The Kier molecular flexibility index (Phi) is 3.97. The highest BCUT2D eigenvalue weighted by atomic mass is 16.5. The van der Waals surface area contributed by atoms with Gasteiger partial charge in [0.05, 0.1) is 13.4 Å². The van der Waals surface area contributed by atoms with E-state index in [4.69, 9.17) is 9.15 Å². The summed E-state index contributed by atoms with van der Waals surface area (Å²) >= 11 is 0. The van der Waals surface area contributed by atoms with Gasteiger partial charge in [0, 0.05) is 5.56 Å². The van der Waals surface area contributed by atoms with E-state index in [0.29, 0.717) is 22.8 Å². The number of methoxy groups -OCH3 is 1. The predicted molar refractivity (Wildman–Crippen MR) is 71.4 cm³/mol. The van der Waals surface area contributed by atoms with Crippen molar-refractivity contribution in [3.63, 3.8) is 0 Å². The Labute approximate surface area is 110 Å². The van der Waals surface area contributed by atoms with Crippen LogP contribution < -0.4 is 10.2 Å². The van der Waals surface area contributed by atoms with E-state index in [1.807, 2.05) is 0 Å². The van der Waals surface area contributed by atoms with Crippen LogP contribution in [-0.4, -0.2) is 18.7 Å². The number of carbonyl (C=O) groups excluding carboxylic acids is 1. The van der Waals surface area contributed by atoms with Gasteiger partial charge < -0.3 is 9.15 Å². The second kappa shape index (κ2) is 5.86. The van der Waals surface area contributed by atoms with Crippen molar-refractivity contribution in [2.24, 2.45) is 5.10 Å². The van der Waals surface area contributed by atoms with Crippen LogP contribution in [0.25, 0.3) is 0 Å². The van der Waals surface area contributed by atoms with Gasteiger partial charge >= 0.3 is 0 Å². The Balaban J connectivity index is 2.02. The summed E-state index contributed by atoms with van der Waals surface area (Å²) in [5.41, 5.74) is 3.59. The van der Waals surface area contributed by atoms with Crippen LogP contribution in [0.5, 0.6) is 5.75 Å². The monoisotopic (exact) mass is 258 g/mol. The van der Waals surface area contributed by atoms with E-state index in [9.17, 15) is 4.79 Å². The molecule has 0 atom stereocenters. The Morgan fingerprint density at radius 1 is 1.26 bits per heavy atom. The largest absolute Gasteiger partial charge is 0.497 e. The third-order valence-electron chi connectivity index (χ3n) is 2.56. The van der Waals surface area contributed by atoms with E-state index in [1.54, 1.807) is 56.7 Å². The average molecular weight is 258 g/mol. The van der Waals surface area contributed by atoms with Crippen LogP contribution in [0, 0.1) is 0 Å². The quantitative estimate of drug-likeness (QED) is 0.676. The molecule has 5 heteroatoms. The van der Waals surface area contributed by atoms with Gasteiger partial charge in [-0.3, -0.25) is 4.79 Å². The first-order chi connectivity index (χ1) is 9.20. The summed E-state index contributed by atoms with van der Waals surface area (Å²) < 4.78 is 10.2. The number of rotatable bonds is 4. The molecule has 0 spiro atoms. The molecule has 0 saturated heterocycles. The fraction of sp³-hybridized carbons (Fsp3) is 0.143. The van der Waals surface area contributed by atoms with Gasteiger partial charge in [0.2, 0.25) is 0 Å². The van der Waals surface area contributed by atoms with Crippen molar-refractivity contribution in [2.75, 3.05) is 7.11 Å². The summed E-state index contributed by atoms with van der Waals surface area (Å²) in [6.45, 7) is 1.76. The normalized spacial score (nSPS) is 11.2. The lowest BCUT2D eigenvalue weighted by molar-refractivity contribution is 0.0955. The number of nitrogens with one attached hydrogen (secondary N) is 1. The third-order valence-corrected chi connectivity index (χ3v) is 2.56. The highest BCUT2D eigenvalue weighted by Crippen LogP contribution is 2.11. The minimum absolute atomic E-state index is 0.284. The fourth-order valence-electron chi connectivity index (χ4n) is 1.48. The summed E-state index contributed by atoms with van der Waals surface area (Å²) in [5, 5.41) is 3.98. The summed E-state index contributed by atoms with van der Waals surface area (Å²) in [4.78, 5) is 11.8. The average Bonchev–Trinajstić information content (AvgIpc) is 2.98. The van der Waals surface area contributed by atoms with Crippen LogP contribution in [0.3, 0.4) is 0 Å². The second-order valence-corrected chi connectivity index (χ2v) is 3.84. The van der Waals surface area contributed by atoms with Gasteiger partial charge in [0.15, 0.2) is 0 Å². The molecule has 1 amide bonds.